The van der Waals surface area contributed by atoms with Gasteiger partial charge in [0.2, 0.25) is 0 Å². The van der Waals surface area contributed by atoms with E-state index in [1.807, 2.05) is 70.9 Å². The molecule has 0 saturated heterocycles. The van der Waals surface area contributed by atoms with Crippen molar-refractivity contribution in [2.45, 2.75) is 12.5 Å². The second kappa shape index (κ2) is 7.97. The first-order valence-electron chi connectivity index (χ1n) is 9.48. The standard InChI is InChI=1S/C23H18ClN3O2S/c1-28-18-9-7-15(8-10-18)23-19(14-27(25-23)17-5-2-4-16(24)12-17)21-13-20(26-29-21)22-6-3-11-30-22/h2-12,14,21H,13H2,1H3. The maximum atomic E-state index is 6.20. The fourth-order valence-electron chi connectivity index (χ4n) is 3.48. The topological polar surface area (TPSA) is 48.6 Å². The predicted octanol–water partition coefficient (Wildman–Crippen LogP) is 6.13. The van der Waals surface area contributed by atoms with E-state index in [2.05, 4.69) is 11.2 Å². The summed E-state index contributed by atoms with van der Waals surface area (Å²) >= 11 is 7.86. The molecular formula is C23H18ClN3O2S. The number of ether oxygens (including phenoxy) is 1. The van der Waals surface area contributed by atoms with Crippen molar-refractivity contribution in [3.63, 3.8) is 0 Å². The Morgan fingerprint density at radius 2 is 2.00 bits per heavy atom. The second-order valence-corrected chi connectivity index (χ2v) is 8.28. The molecule has 5 nitrogen and oxygen atoms in total. The molecule has 0 amide bonds. The molecule has 0 bridgehead atoms. The first kappa shape index (κ1) is 18.9. The molecule has 0 N–H and O–H groups in total. The molecular weight excluding hydrogens is 418 g/mol. The largest absolute Gasteiger partial charge is 0.497 e. The van der Waals surface area contributed by atoms with Crippen LogP contribution in [0.15, 0.2) is 77.4 Å². The summed E-state index contributed by atoms with van der Waals surface area (Å²) in [5.41, 5.74) is 4.67. The fraction of sp³-hybridized carbons (Fsp3) is 0.130. The lowest BCUT2D eigenvalue weighted by Gasteiger charge is -2.08. The third-order valence-corrected chi connectivity index (χ3v) is 6.15. The van der Waals surface area contributed by atoms with Gasteiger partial charge in [0.25, 0.3) is 0 Å². The van der Waals surface area contributed by atoms with Crippen LogP contribution in [0, 0.1) is 0 Å². The quantitative estimate of drug-likeness (QED) is 0.379. The van der Waals surface area contributed by atoms with Crippen LogP contribution in [0.1, 0.15) is 23.0 Å². The summed E-state index contributed by atoms with van der Waals surface area (Å²) in [6, 6.07) is 19.6. The van der Waals surface area contributed by atoms with Crippen LogP contribution in [0.3, 0.4) is 0 Å². The average molecular weight is 436 g/mol. The van der Waals surface area contributed by atoms with E-state index in [1.165, 1.54) is 0 Å². The molecule has 7 heteroatoms. The zero-order valence-corrected chi connectivity index (χ0v) is 17.7. The molecule has 0 spiro atoms. The second-order valence-electron chi connectivity index (χ2n) is 6.90. The van der Waals surface area contributed by atoms with Crippen molar-refractivity contribution in [3.05, 3.63) is 87.7 Å². The predicted molar refractivity (Wildman–Crippen MR) is 120 cm³/mol. The molecule has 150 valence electrons. The highest BCUT2D eigenvalue weighted by molar-refractivity contribution is 7.12. The van der Waals surface area contributed by atoms with Crippen LogP contribution in [-0.4, -0.2) is 22.6 Å². The summed E-state index contributed by atoms with van der Waals surface area (Å²) in [6.45, 7) is 0. The lowest BCUT2D eigenvalue weighted by atomic mass is 10.0. The van der Waals surface area contributed by atoms with Crippen LogP contribution in [-0.2, 0) is 4.84 Å². The number of hydrogen-bond donors (Lipinski definition) is 0. The first-order chi connectivity index (χ1) is 14.7. The lowest BCUT2D eigenvalue weighted by Crippen LogP contribution is -2.01. The Morgan fingerprint density at radius 1 is 1.13 bits per heavy atom. The molecule has 0 radical (unpaired) electrons. The highest BCUT2D eigenvalue weighted by Crippen LogP contribution is 2.37. The van der Waals surface area contributed by atoms with Gasteiger partial charge in [0.1, 0.15) is 11.5 Å². The summed E-state index contributed by atoms with van der Waals surface area (Å²) in [7, 11) is 1.66. The summed E-state index contributed by atoms with van der Waals surface area (Å²) < 4.78 is 7.14. The van der Waals surface area contributed by atoms with Gasteiger partial charge in [-0.2, -0.15) is 5.10 Å². The summed E-state index contributed by atoms with van der Waals surface area (Å²) in [4.78, 5) is 6.98. The van der Waals surface area contributed by atoms with Gasteiger partial charge in [-0.25, -0.2) is 4.68 Å². The number of nitrogens with zero attached hydrogens (tertiary/aromatic N) is 3. The van der Waals surface area contributed by atoms with Crippen molar-refractivity contribution in [1.82, 2.24) is 9.78 Å². The van der Waals surface area contributed by atoms with Crippen LogP contribution < -0.4 is 4.74 Å². The van der Waals surface area contributed by atoms with Crippen molar-refractivity contribution in [2.75, 3.05) is 7.11 Å². The minimum Gasteiger partial charge on any atom is -0.497 e. The molecule has 1 aliphatic heterocycles. The Hall–Kier alpha value is -3.09. The van der Waals surface area contributed by atoms with E-state index < -0.39 is 0 Å². The van der Waals surface area contributed by atoms with Gasteiger partial charge in [0.15, 0.2) is 6.10 Å². The molecule has 2 aromatic carbocycles. The molecule has 0 aliphatic carbocycles. The van der Waals surface area contributed by atoms with Crippen molar-refractivity contribution < 1.29 is 9.57 Å². The number of aromatic nitrogens is 2. The Balaban J connectivity index is 1.54. The van der Waals surface area contributed by atoms with Crippen LogP contribution in [0.5, 0.6) is 5.75 Å². The number of halogens is 1. The Kier molecular flexibility index (Phi) is 5.02. The van der Waals surface area contributed by atoms with Gasteiger partial charge in [-0.05, 0) is 53.9 Å². The smallest absolute Gasteiger partial charge is 0.161 e. The number of benzene rings is 2. The van der Waals surface area contributed by atoms with E-state index in [0.717, 1.165) is 38.8 Å². The van der Waals surface area contributed by atoms with Gasteiger partial charge in [0.05, 0.1) is 23.4 Å². The monoisotopic (exact) mass is 435 g/mol. The minimum atomic E-state index is -0.202. The summed E-state index contributed by atoms with van der Waals surface area (Å²) in [5.74, 6) is 0.801. The third-order valence-electron chi connectivity index (χ3n) is 5.00. The highest BCUT2D eigenvalue weighted by Gasteiger charge is 2.29. The molecule has 0 fully saturated rings. The van der Waals surface area contributed by atoms with E-state index in [0.29, 0.717) is 11.4 Å². The van der Waals surface area contributed by atoms with Gasteiger partial charge < -0.3 is 9.57 Å². The third kappa shape index (κ3) is 3.60. The van der Waals surface area contributed by atoms with Crippen LogP contribution >= 0.6 is 22.9 Å². The fourth-order valence-corrected chi connectivity index (χ4v) is 4.38. The molecule has 0 saturated carbocycles. The van der Waals surface area contributed by atoms with Crippen LogP contribution in [0.2, 0.25) is 5.02 Å². The molecule has 4 aromatic rings. The van der Waals surface area contributed by atoms with E-state index >= 15 is 0 Å². The van der Waals surface area contributed by atoms with Crippen molar-refractivity contribution in [3.8, 4) is 22.7 Å². The van der Waals surface area contributed by atoms with Crippen LogP contribution in [0.25, 0.3) is 16.9 Å². The molecule has 30 heavy (non-hydrogen) atoms. The normalized spacial score (nSPS) is 15.7. The average Bonchev–Trinajstić information content (AvgIpc) is 3.53. The van der Waals surface area contributed by atoms with Gasteiger partial charge in [-0.3, -0.25) is 0 Å². The maximum absolute atomic E-state index is 6.20. The Morgan fingerprint density at radius 3 is 2.73 bits per heavy atom. The van der Waals surface area contributed by atoms with Crippen molar-refractivity contribution in [1.29, 1.82) is 0 Å². The van der Waals surface area contributed by atoms with E-state index in [-0.39, 0.29) is 6.10 Å². The molecule has 3 heterocycles. The van der Waals surface area contributed by atoms with Crippen LogP contribution in [0.4, 0.5) is 0 Å². The van der Waals surface area contributed by atoms with Crippen molar-refractivity contribution >= 4 is 28.6 Å². The van der Waals surface area contributed by atoms with E-state index in [4.69, 9.17) is 26.3 Å². The SMILES string of the molecule is COc1ccc(-c2nn(-c3cccc(Cl)c3)cc2C2CC(c3cccs3)=NO2)cc1. The van der Waals surface area contributed by atoms with Gasteiger partial charge in [-0.1, -0.05) is 28.9 Å². The Bertz CT molecular complexity index is 1200. The minimum absolute atomic E-state index is 0.202. The molecule has 1 atom stereocenters. The van der Waals surface area contributed by atoms with Gasteiger partial charge >= 0.3 is 0 Å². The summed E-state index contributed by atoms with van der Waals surface area (Å²) in [6.07, 6.45) is 2.50. The number of rotatable bonds is 5. The van der Waals surface area contributed by atoms with Gasteiger partial charge in [0, 0.05) is 28.8 Å². The number of hydrogen-bond acceptors (Lipinski definition) is 5. The highest BCUT2D eigenvalue weighted by atomic mass is 35.5. The Labute approximate surface area is 183 Å². The molecule has 2 aromatic heterocycles. The zero-order valence-electron chi connectivity index (χ0n) is 16.2. The molecule has 5 rings (SSSR count). The molecule has 1 aliphatic rings. The molecule has 1 unspecified atom stereocenters. The lowest BCUT2D eigenvalue weighted by molar-refractivity contribution is 0.0861. The number of oxime groups is 1. The van der Waals surface area contributed by atoms with E-state index in [1.54, 1.807) is 18.4 Å². The van der Waals surface area contributed by atoms with Gasteiger partial charge in [-0.15, -0.1) is 11.3 Å². The van der Waals surface area contributed by atoms with Crippen molar-refractivity contribution in [2.24, 2.45) is 5.16 Å². The first-order valence-corrected chi connectivity index (χ1v) is 10.7. The number of methoxy groups -OCH3 is 1. The number of thiophene rings is 1. The zero-order chi connectivity index (χ0) is 20.5. The maximum Gasteiger partial charge on any atom is 0.161 e. The van der Waals surface area contributed by atoms with E-state index in [9.17, 15) is 0 Å². The summed E-state index contributed by atoms with van der Waals surface area (Å²) in [5, 5.41) is 11.9.